The van der Waals surface area contributed by atoms with Crippen LogP contribution in [0.1, 0.15) is 47.2 Å². The van der Waals surface area contributed by atoms with Crippen LogP contribution >= 0.6 is 11.3 Å². The molecule has 0 fully saturated rings. The lowest BCUT2D eigenvalue weighted by atomic mass is 10.1. The number of nitrogens with zero attached hydrogens (tertiary/aromatic N) is 1. The second kappa shape index (κ2) is 14.1. The van der Waals surface area contributed by atoms with Crippen molar-refractivity contribution in [2.75, 3.05) is 6.61 Å². The van der Waals surface area contributed by atoms with Crippen LogP contribution in [0.25, 0.3) is 11.1 Å². The molecule has 0 aliphatic rings. The molecule has 0 spiro atoms. The summed E-state index contributed by atoms with van der Waals surface area (Å²) in [5, 5.41) is 12.7. The maximum absolute atomic E-state index is 13.7. The van der Waals surface area contributed by atoms with Crippen LogP contribution in [0.2, 0.25) is 0 Å². The summed E-state index contributed by atoms with van der Waals surface area (Å²) in [6, 6.07) is 27.6. The summed E-state index contributed by atoms with van der Waals surface area (Å²) >= 11 is 1.65. The normalized spacial score (nSPS) is 10.7. The molecule has 0 saturated heterocycles. The number of rotatable bonds is 13. The van der Waals surface area contributed by atoms with E-state index in [1.165, 1.54) is 0 Å². The number of para-hydroxylation sites is 1. The van der Waals surface area contributed by atoms with Gasteiger partial charge in [-0.3, -0.25) is 14.8 Å². The minimum Gasteiger partial charge on any atom is -0.493 e. The minimum absolute atomic E-state index is 0.0392. The molecule has 0 radical (unpaired) electrons. The first-order valence-corrected chi connectivity index (χ1v) is 13.7. The van der Waals surface area contributed by atoms with Gasteiger partial charge in [-0.15, -0.1) is 0 Å². The quantitative estimate of drug-likeness (QED) is 0.115. The fraction of sp³-hybridized carbons (Fsp3) is 0.226. The van der Waals surface area contributed by atoms with Gasteiger partial charge in [0.1, 0.15) is 5.75 Å². The molecule has 196 valence electrons. The summed E-state index contributed by atoms with van der Waals surface area (Å²) in [5.74, 6) is 0.336. The Labute approximate surface area is 227 Å². The van der Waals surface area contributed by atoms with E-state index in [9.17, 15) is 9.59 Å². The van der Waals surface area contributed by atoms with Gasteiger partial charge in [0.15, 0.2) is 0 Å². The number of unbranched alkanes of at least 4 members (excludes halogenated alkanes) is 2. The Bertz CT molecular complexity index is 1290. The standard InChI is InChI=1S/C31H32N2O4S/c34-30(32-36)13-5-2-8-19-37-29-12-7-6-11-27(29)22-33(21-24-9-3-1-4-10-24)31(35)26-16-14-25(15-17-26)28-18-20-38-23-28/h1,3-4,6-7,9-12,14-18,20,23,36H,2,5,8,13,19,21-22H2,(H,32,34). The molecule has 2 amide bonds. The fourth-order valence-corrected chi connectivity index (χ4v) is 4.87. The van der Waals surface area contributed by atoms with Crippen molar-refractivity contribution in [3.05, 3.63) is 112 Å². The van der Waals surface area contributed by atoms with E-state index in [1.807, 2.05) is 89.1 Å². The van der Waals surface area contributed by atoms with Crippen molar-refractivity contribution in [1.29, 1.82) is 0 Å². The molecule has 4 aromatic rings. The van der Waals surface area contributed by atoms with E-state index in [-0.39, 0.29) is 18.2 Å². The Kier molecular flexibility index (Phi) is 10.1. The van der Waals surface area contributed by atoms with Crippen LogP contribution in [0, 0.1) is 0 Å². The summed E-state index contributed by atoms with van der Waals surface area (Å²) < 4.78 is 6.08. The number of hydrogen-bond donors (Lipinski definition) is 2. The van der Waals surface area contributed by atoms with Crippen LogP contribution in [-0.4, -0.2) is 28.5 Å². The average Bonchev–Trinajstić information content (AvgIpc) is 3.50. The van der Waals surface area contributed by atoms with E-state index in [0.717, 1.165) is 40.8 Å². The fourth-order valence-electron chi connectivity index (χ4n) is 4.20. The minimum atomic E-state index is -0.374. The van der Waals surface area contributed by atoms with Crippen LogP contribution < -0.4 is 10.2 Å². The predicted octanol–water partition coefficient (Wildman–Crippen LogP) is 6.70. The number of hydrogen-bond acceptors (Lipinski definition) is 5. The van der Waals surface area contributed by atoms with Crippen molar-refractivity contribution >= 4 is 23.2 Å². The van der Waals surface area contributed by atoms with Gasteiger partial charge in [-0.25, -0.2) is 5.48 Å². The zero-order valence-electron chi connectivity index (χ0n) is 21.2. The number of amides is 2. The van der Waals surface area contributed by atoms with E-state index in [1.54, 1.807) is 16.8 Å². The van der Waals surface area contributed by atoms with Crippen molar-refractivity contribution in [1.82, 2.24) is 10.4 Å². The van der Waals surface area contributed by atoms with Gasteiger partial charge in [-0.2, -0.15) is 11.3 Å². The first-order valence-electron chi connectivity index (χ1n) is 12.7. The summed E-state index contributed by atoms with van der Waals surface area (Å²) in [6.45, 7) is 1.40. The van der Waals surface area contributed by atoms with Crippen molar-refractivity contribution in [2.45, 2.75) is 38.8 Å². The summed E-state index contributed by atoms with van der Waals surface area (Å²) in [7, 11) is 0. The van der Waals surface area contributed by atoms with E-state index >= 15 is 0 Å². The molecule has 0 aliphatic carbocycles. The van der Waals surface area contributed by atoms with Crippen molar-refractivity contribution < 1.29 is 19.5 Å². The molecule has 7 heteroatoms. The highest BCUT2D eigenvalue weighted by atomic mass is 32.1. The molecule has 38 heavy (non-hydrogen) atoms. The highest BCUT2D eigenvalue weighted by Crippen LogP contribution is 2.25. The lowest BCUT2D eigenvalue weighted by Crippen LogP contribution is -2.30. The summed E-state index contributed by atoms with van der Waals surface area (Å²) in [4.78, 5) is 26.7. The van der Waals surface area contributed by atoms with Gasteiger partial charge in [0.05, 0.1) is 6.61 Å². The molecule has 0 atom stereocenters. The number of hydroxylamine groups is 1. The Morgan fingerprint density at radius 2 is 1.58 bits per heavy atom. The largest absolute Gasteiger partial charge is 0.493 e. The Morgan fingerprint density at radius 1 is 0.816 bits per heavy atom. The number of benzene rings is 3. The second-order valence-corrected chi connectivity index (χ2v) is 9.82. The van der Waals surface area contributed by atoms with E-state index in [4.69, 9.17) is 9.94 Å². The molecular weight excluding hydrogens is 496 g/mol. The lowest BCUT2D eigenvalue weighted by molar-refractivity contribution is -0.129. The molecule has 1 heterocycles. The average molecular weight is 529 g/mol. The monoisotopic (exact) mass is 528 g/mol. The molecular formula is C31H32N2O4S. The zero-order chi connectivity index (χ0) is 26.6. The molecule has 3 aromatic carbocycles. The SMILES string of the molecule is O=C(CCCCCOc1ccccc1CN(Cc1ccccc1)C(=O)c1ccc(-c2ccsc2)cc1)NO. The van der Waals surface area contributed by atoms with Crippen molar-refractivity contribution in [3.8, 4) is 16.9 Å². The maximum atomic E-state index is 13.7. The number of nitrogens with one attached hydrogen (secondary N) is 1. The van der Waals surface area contributed by atoms with Crippen LogP contribution in [0.5, 0.6) is 5.75 Å². The van der Waals surface area contributed by atoms with Crippen LogP contribution in [0.4, 0.5) is 0 Å². The second-order valence-electron chi connectivity index (χ2n) is 9.04. The maximum Gasteiger partial charge on any atom is 0.254 e. The van der Waals surface area contributed by atoms with E-state index < -0.39 is 0 Å². The summed E-state index contributed by atoms with van der Waals surface area (Å²) in [6.07, 6.45) is 2.58. The third kappa shape index (κ3) is 7.78. The Balaban J connectivity index is 1.46. The highest BCUT2D eigenvalue weighted by Gasteiger charge is 2.19. The molecule has 6 nitrogen and oxygen atoms in total. The van der Waals surface area contributed by atoms with Crippen molar-refractivity contribution in [3.63, 3.8) is 0 Å². The molecule has 0 aliphatic heterocycles. The summed E-state index contributed by atoms with van der Waals surface area (Å²) in [5.41, 5.74) is 6.53. The van der Waals surface area contributed by atoms with Gasteiger partial charge in [0.25, 0.3) is 5.91 Å². The molecule has 0 bridgehead atoms. The molecule has 0 saturated carbocycles. The van der Waals surface area contributed by atoms with Gasteiger partial charge in [-0.05, 0) is 71.0 Å². The zero-order valence-corrected chi connectivity index (χ0v) is 22.0. The first-order chi connectivity index (χ1) is 18.6. The molecule has 1 aromatic heterocycles. The lowest BCUT2D eigenvalue weighted by Gasteiger charge is -2.24. The van der Waals surface area contributed by atoms with Gasteiger partial charge in [0.2, 0.25) is 5.91 Å². The number of ether oxygens (including phenoxy) is 1. The predicted molar refractivity (Wildman–Crippen MR) is 150 cm³/mol. The molecule has 2 N–H and O–H groups in total. The number of thiophene rings is 1. The third-order valence-corrected chi connectivity index (χ3v) is 6.94. The number of carbonyl (C=O) groups is 2. The smallest absolute Gasteiger partial charge is 0.254 e. The van der Waals surface area contributed by atoms with E-state index in [2.05, 4.69) is 11.4 Å². The first kappa shape index (κ1) is 27.1. The Morgan fingerprint density at radius 3 is 2.32 bits per heavy atom. The van der Waals surface area contributed by atoms with Crippen molar-refractivity contribution in [2.24, 2.45) is 0 Å². The van der Waals surface area contributed by atoms with E-state index in [0.29, 0.717) is 31.7 Å². The highest BCUT2D eigenvalue weighted by molar-refractivity contribution is 7.08. The molecule has 4 rings (SSSR count). The van der Waals surface area contributed by atoms with Gasteiger partial charge >= 0.3 is 0 Å². The third-order valence-electron chi connectivity index (χ3n) is 6.25. The van der Waals surface area contributed by atoms with Gasteiger partial charge < -0.3 is 9.64 Å². The van der Waals surface area contributed by atoms with Crippen LogP contribution in [-0.2, 0) is 17.9 Å². The van der Waals surface area contributed by atoms with Crippen LogP contribution in [0.15, 0.2) is 95.7 Å². The van der Waals surface area contributed by atoms with Gasteiger partial charge in [0, 0.05) is 30.6 Å². The Hall–Kier alpha value is -3.94. The number of carbonyl (C=O) groups excluding carboxylic acids is 2. The van der Waals surface area contributed by atoms with Gasteiger partial charge in [-0.1, -0.05) is 60.7 Å². The molecule has 0 unspecified atom stereocenters. The van der Waals surface area contributed by atoms with Crippen LogP contribution in [0.3, 0.4) is 0 Å². The topological polar surface area (TPSA) is 78.9 Å².